The predicted molar refractivity (Wildman–Crippen MR) is 103 cm³/mol. The highest BCUT2D eigenvalue weighted by Crippen LogP contribution is 2.30. The summed E-state index contributed by atoms with van der Waals surface area (Å²) in [5, 5.41) is 22.2. The van der Waals surface area contributed by atoms with Crippen molar-refractivity contribution in [2.45, 2.75) is 6.54 Å². The zero-order chi connectivity index (χ0) is 18.8. The standard InChI is InChI=1S/C19H17N7O/c20-18(24-27)13-7-5-12(6-8-13)10-26-11-16(23-25-26)17-15-4-2-1-3-14(15)9-22-19(17)21/h1-9,11,27H,10H2,(H2,20,24)(H2,21,22). The van der Waals surface area contributed by atoms with Gasteiger partial charge in [-0.25, -0.2) is 9.67 Å². The lowest BCUT2D eigenvalue weighted by molar-refractivity contribution is 0.318. The first-order valence-corrected chi connectivity index (χ1v) is 8.26. The summed E-state index contributed by atoms with van der Waals surface area (Å²) in [6.45, 7) is 0.529. The Labute approximate surface area is 154 Å². The van der Waals surface area contributed by atoms with Crippen molar-refractivity contribution < 1.29 is 5.21 Å². The van der Waals surface area contributed by atoms with Crippen molar-refractivity contribution >= 4 is 22.4 Å². The van der Waals surface area contributed by atoms with Gasteiger partial charge >= 0.3 is 0 Å². The first-order valence-electron chi connectivity index (χ1n) is 8.26. The SMILES string of the molecule is N/C(=N/O)c1ccc(Cn2cc(-c3c(N)ncc4ccccc34)nn2)cc1. The Bertz CT molecular complexity index is 1130. The molecule has 5 N–H and O–H groups in total. The average Bonchev–Trinajstić information content (AvgIpc) is 3.15. The van der Waals surface area contributed by atoms with Gasteiger partial charge in [0.1, 0.15) is 11.5 Å². The van der Waals surface area contributed by atoms with E-state index >= 15 is 0 Å². The van der Waals surface area contributed by atoms with E-state index in [0.29, 0.717) is 23.6 Å². The van der Waals surface area contributed by atoms with E-state index in [-0.39, 0.29) is 5.84 Å². The summed E-state index contributed by atoms with van der Waals surface area (Å²) in [7, 11) is 0. The highest BCUT2D eigenvalue weighted by atomic mass is 16.4. The Balaban J connectivity index is 1.64. The number of amidine groups is 1. The summed E-state index contributed by atoms with van der Waals surface area (Å²) in [5.41, 5.74) is 14.8. The van der Waals surface area contributed by atoms with Gasteiger partial charge in [-0.1, -0.05) is 58.9 Å². The fourth-order valence-corrected chi connectivity index (χ4v) is 2.96. The van der Waals surface area contributed by atoms with Gasteiger partial charge in [-0.15, -0.1) is 5.10 Å². The molecule has 0 aliphatic carbocycles. The van der Waals surface area contributed by atoms with Gasteiger partial charge in [0.2, 0.25) is 0 Å². The third-order valence-corrected chi connectivity index (χ3v) is 4.33. The molecule has 0 amide bonds. The van der Waals surface area contributed by atoms with Gasteiger partial charge in [0.25, 0.3) is 0 Å². The second kappa shape index (κ2) is 6.75. The van der Waals surface area contributed by atoms with Crippen molar-refractivity contribution in [3.63, 3.8) is 0 Å². The fourth-order valence-electron chi connectivity index (χ4n) is 2.96. The molecule has 0 fully saturated rings. The van der Waals surface area contributed by atoms with Gasteiger partial charge in [-0.05, 0) is 10.9 Å². The van der Waals surface area contributed by atoms with Crippen LogP contribution in [0.1, 0.15) is 11.1 Å². The van der Waals surface area contributed by atoms with Crippen LogP contribution in [0.25, 0.3) is 22.0 Å². The molecule has 2 aromatic heterocycles. The summed E-state index contributed by atoms with van der Waals surface area (Å²) in [6, 6.07) is 15.2. The molecule has 0 aliphatic rings. The summed E-state index contributed by atoms with van der Waals surface area (Å²) >= 11 is 0. The number of rotatable bonds is 4. The highest BCUT2D eigenvalue weighted by molar-refractivity contribution is 5.99. The minimum absolute atomic E-state index is 0.0727. The second-order valence-electron chi connectivity index (χ2n) is 6.09. The number of fused-ring (bicyclic) bond motifs is 1. The maximum Gasteiger partial charge on any atom is 0.170 e. The van der Waals surface area contributed by atoms with Gasteiger partial charge in [0.05, 0.1) is 18.3 Å². The Kier molecular flexibility index (Phi) is 4.13. The van der Waals surface area contributed by atoms with Gasteiger partial charge < -0.3 is 16.7 Å². The molecule has 0 saturated carbocycles. The van der Waals surface area contributed by atoms with E-state index < -0.39 is 0 Å². The van der Waals surface area contributed by atoms with Crippen LogP contribution in [0.3, 0.4) is 0 Å². The molecule has 0 bridgehead atoms. The molecule has 8 nitrogen and oxygen atoms in total. The number of oxime groups is 1. The van der Waals surface area contributed by atoms with Gasteiger partial charge in [-0.2, -0.15) is 0 Å². The molecule has 4 aromatic rings. The van der Waals surface area contributed by atoms with E-state index in [1.165, 1.54) is 0 Å². The summed E-state index contributed by atoms with van der Waals surface area (Å²) in [4.78, 5) is 4.27. The van der Waals surface area contributed by atoms with Crippen molar-refractivity contribution in [2.75, 3.05) is 5.73 Å². The number of pyridine rings is 1. The first kappa shape index (κ1) is 16.5. The number of benzene rings is 2. The predicted octanol–water partition coefficient (Wildman–Crippen LogP) is 2.22. The normalized spacial score (nSPS) is 11.8. The van der Waals surface area contributed by atoms with Crippen LogP contribution in [0.2, 0.25) is 0 Å². The molecular formula is C19H17N7O. The van der Waals surface area contributed by atoms with E-state index in [0.717, 1.165) is 21.9 Å². The Morgan fingerprint density at radius 3 is 2.67 bits per heavy atom. The highest BCUT2D eigenvalue weighted by Gasteiger charge is 2.13. The summed E-state index contributed by atoms with van der Waals surface area (Å²) in [5.74, 6) is 0.493. The first-order chi connectivity index (χ1) is 13.2. The molecule has 0 spiro atoms. The lowest BCUT2D eigenvalue weighted by atomic mass is 10.0. The molecule has 0 aliphatic heterocycles. The van der Waals surface area contributed by atoms with E-state index in [4.69, 9.17) is 16.7 Å². The molecule has 8 heteroatoms. The summed E-state index contributed by atoms with van der Waals surface area (Å²) < 4.78 is 1.73. The summed E-state index contributed by atoms with van der Waals surface area (Å²) in [6.07, 6.45) is 3.60. The number of aromatic nitrogens is 4. The number of nitrogen functional groups attached to an aromatic ring is 1. The number of hydrogen-bond donors (Lipinski definition) is 3. The number of nitrogens with zero attached hydrogens (tertiary/aromatic N) is 5. The average molecular weight is 359 g/mol. The van der Waals surface area contributed by atoms with Crippen LogP contribution >= 0.6 is 0 Å². The Morgan fingerprint density at radius 1 is 1.11 bits per heavy atom. The third kappa shape index (κ3) is 3.15. The molecule has 0 unspecified atom stereocenters. The van der Waals surface area contributed by atoms with Crippen LogP contribution in [0.4, 0.5) is 5.82 Å². The van der Waals surface area contributed by atoms with Crippen molar-refractivity contribution in [1.29, 1.82) is 0 Å². The van der Waals surface area contributed by atoms with E-state index in [1.54, 1.807) is 23.0 Å². The van der Waals surface area contributed by atoms with Crippen molar-refractivity contribution in [3.05, 3.63) is 72.1 Å². The largest absolute Gasteiger partial charge is 0.409 e. The van der Waals surface area contributed by atoms with Crippen molar-refractivity contribution in [3.8, 4) is 11.3 Å². The molecule has 0 saturated heterocycles. The molecule has 0 radical (unpaired) electrons. The topological polar surface area (TPSA) is 128 Å². The maximum atomic E-state index is 8.73. The van der Waals surface area contributed by atoms with Crippen LogP contribution in [0.5, 0.6) is 0 Å². The molecule has 2 aromatic carbocycles. The number of nitrogens with two attached hydrogens (primary N) is 2. The monoisotopic (exact) mass is 359 g/mol. The van der Waals surface area contributed by atoms with Gasteiger partial charge in [-0.3, -0.25) is 0 Å². The van der Waals surface area contributed by atoms with Crippen LogP contribution in [-0.4, -0.2) is 31.0 Å². The molecule has 27 heavy (non-hydrogen) atoms. The zero-order valence-corrected chi connectivity index (χ0v) is 14.3. The fraction of sp³-hybridized carbons (Fsp3) is 0.0526. The lowest BCUT2D eigenvalue weighted by Crippen LogP contribution is -2.13. The smallest absolute Gasteiger partial charge is 0.170 e. The molecule has 134 valence electrons. The minimum atomic E-state index is 0.0727. The Hall–Kier alpha value is -3.94. The number of anilines is 1. The molecule has 4 rings (SSSR count). The number of hydrogen-bond acceptors (Lipinski definition) is 6. The van der Waals surface area contributed by atoms with E-state index in [2.05, 4.69) is 20.5 Å². The minimum Gasteiger partial charge on any atom is -0.409 e. The molecular weight excluding hydrogens is 342 g/mol. The Morgan fingerprint density at radius 2 is 1.89 bits per heavy atom. The molecule has 0 atom stereocenters. The quantitative estimate of drug-likeness (QED) is 0.222. The van der Waals surface area contributed by atoms with E-state index in [1.807, 2.05) is 42.6 Å². The van der Waals surface area contributed by atoms with Crippen molar-refractivity contribution in [1.82, 2.24) is 20.0 Å². The third-order valence-electron chi connectivity index (χ3n) is 4.33. The van der Waals surface area contributed by atoms with Gasteiger partial charge in [0.15, 0.2) is 5.84 Å². The van der Waals surface area contributed by atoms with Crippen LogP contribution < -0.4 is 11.5 Å². The van der Waals surface area contributed by atoms with Crippen LogP contribution in [0.15, 0.2) is 66.1 Å². The van der Waals surface area contributed by atoms with Crippen LogP contribution in [-0.2, 0) is 6.54 Å². The van der Waals surface area contributed by atoms with E-state index in [9.17, 15) is 0 Å². The molecule has 2 heterocycles. The second-order valence-corrected chi connectivity index (χ2v) is 6.09. The van der Waals surface area contributed by atoms with Gasteiger partial charge in [0, 0.05) is 17.1 Å². The van der Waals surface area contributed by atoms with Crippen LogP contribution in [0, 0.1) is 0 Å². The lowest BCUT2D eigenvalue weighted by Gasteiger charge is -2.06. The van der Waals surface area contributed by atoms with Crippen molar-refractivity contribution in [2.24, 2.45) is 10.9 Å². The maximum absolute atomic E-state index is 8.73. The zero-order valence-electron chi connectivity index (χ0n) is 14.3.